The predicted molar refractivity (Wildman–Crippen MR) is 99.2 cm³/mol. The summed E-state index contributed by atoms with van der Waals surface area (Å²) in [6.07, 6.45) is 2.10. The topological polar surface area (TPSA) is 3.88 Å². The van der Waals surface area contributed by atoms with Gasteiger partial charge < -0.3 is 0 Å². The first-order chi connectivity index (χ1) is 11.7. The molecule has 120 valence electrons. The van der Waals surface area contributed by atoms with Crippen LogP contribution in [0, 0.1) is 6.92 Å². The summed E-state index contributed by atoms with van der Waals surface area (Å²) in [6, 6.07) is 22.8. The molecule has 1 aromatic heterocycles. The van der Waals surface area contributed by atoms with Gasteiger partial charge in [-0.15, -0.1) is 0 Å². The fourth-order valence-corrected chi connectivity index (χ4v) is 4.17. The summed E-state index contributed by atoms with van der Waals surface area (Å²) in [5.41, 5.74) is 9.82. The van der Waals surface area contributed by atoms with Gasteiger partial charge in [-0.2, -0.15) is 4.57 Å². The summed E-state index contributed by atoms with van der Waals surface area (Å²) < 4.78 is 2.58. The SMILES string of the molecule is CCc1cc(C)cc(CC)[n+]1C1c2ccccc2-c2ccccc21. The zero-order chi connectivity index (χ0) is 16.7. The van der Waals surface area contributed by atoms with Crippen LogP contribution in [0.4, 0.5) is 0 Å². The van der Waals surface area contributed by atoms with Crippen LogP contribution >= 0.6 is 0 Å². The van der Waals surface area contributed by atoms with Gasteiger partial charge in [-0.3, -0.25) is 0 Å². The van der Waals surface area contributed by atoms with E-state index in [0.29, 0.717) is 6.04 Å². The van der Waals surface area contributed by atoms with Crippen molar-refractivity contribution < 1.29 is 4.57 Å². The van der Waals surface area contributed by atoms with Crippen molar-refractivity contribution >= 4 is 0 Å². The quantitative estimate of drug-likeness (QED) is 0.467. The molecule has 1 nitrogen and oxygen atoms in total. The lowest BCUT2D eigenvalue weighted by molar-refractivity contribution is -0.718. The van der Waals surface area contributed by atoms with Crippen molar-refractivity contribution in [3.8, 4) is 11.1 Å². The summed E-state index contributed by atoms with van der Waals surface area (Å²) in [5.74, 6) is 0. The molecule has 2 aromatic carbocycles. The zero-order valence-electron chi connectivity index (χ0n) is 14.7. The Hall–Kier alpha value is -2.41. The Bertz CT molecular complexity index is 837. The second-order valence-electron chi connectivity index (χ2n) is 6.67. The average molecular weight is 314 g/mol. The standard InChI is InChI=1S/C23H24N/c1-4-17-14-16(3)15-18(5-2)24(17)23-21-12-8-6-10-19(21)20-11-7-9-13-22(20)23/h6-15,23H,4-5H2,1-3H3/q+1. The molecular formula is C23H24N+. The first-order valence-corrected chi connectivity index (χ1v) is 8.96. The Morgan fingerprint density at radius 1 is 0.750 bits per heavy atom. The largest absolute Gasteiger partial charge is 0.210 e. The van der Waals surface area contributed by atoms with Crippen molar-refractivity contribution in [2.45, 2.75) is 39.7 Å². The van der Waals surface area contributed by atoms with E-state index >= 15 is 0 Å². The van der Waals surface area contributed by atoms with E-state index in [4.69, 9.17) is 0 Å². The van der Waals surface area contributed by atoms with E-state index < -0.39 is 0 Å². The second-order valence-corrected chi connectivity index (χ2v) is 6.67. The van der Waals surface area contributed by atoms with Gasteiger partial charge in [-0.25, -0.2) is 0 Å². The van der Waals surface area contributed by atoms with Crippen molar-refractivity contribution in [2.24, 2.45) is 0 Å². The minimum absolute atomic E-state index is 0.294. The molecule has 0 saturated carbocycles. The highest BCUT2D eigenvalue weighted by Gasteiger charge is 2.37. The molecule has 4 rings (SSSR count). The fourth-order valence-electron chi connectivity index (χ4n) is 4.17. The van der Waals surface area contributed by atoms with Crippen LogP contribution < -0.4 is 4.57 Å². The molecule has 24 heavy (non-hydrogen) atoms. The van der Waals surface area contributed by atoms with Gasteiger partial charge in [0.2, 0.25) is 6.04 Å². The van der Waals surface area contributed by atoms with Crippen LogP contribution in [0.3, 0.4) is 0 Å². The van der Waals surface area contributed by atoms with E-state index in [0.717, 1.165) is 12.8 Å². The van der Waals surface area contributed by atoms with E-state index in [9.17, 15) is 0 Å². The number of hydrogen-bond acceptors (Lipinski definition) is 0. The van der Waals surface area contributed by atoms with Gasteiger partial charge in [0.25, 0.3) is 0 Å². The molecule has 0 radical (unpaired) electrons. The van der Waals surface area contributed by atoms with Gasteiger partial charge in [0, 0.05) is 36.1 Å². The maximum absolute atomic E-state index is 2.58. The number of aromatic nitrogens is 1. The van der Waals surface area contributed by atoms with E-state index in [1.54, 1.807) is 0 Å². The minimum Gasteiger partial charge on any atom is -0.188 e. The Labute approximate surface area is 144 Å². The highest BCUT2D eigenvalue weighted by atomic mass is 15.0. The zero-order valence-corrected chi connectivity index (χ0v) is 14.7. The van der Waals surface area contributed by atoms with E-state index in [1.807, 2.05) is 0 Å². The minimum atomic E-state index is 0.294. The molecule has 0 aliphatic heterocycles. The van der Waals surface area contributed by atoms with E-state index in [-0.39, 0.29) is 0 Å². The smallest absolute Gasteiger partial charge is 0.188 e. The van der Waals surface area contributed by atoms with Gasteiger partial charge >= 0.3 is 0 Å². The Balaban J connectivity index is 2.04. The molecule has 0 N–H and O–H groups in total. The summed E-state index contributed by atoms with van der Waals surface area (Å²) in [4.78, 5) is 0. The number of benzene rings is 2. The Kier molecular flexibility index (Phi) is 3.72. The number of rotatable bonds is 3. The van der Waals surface area contributed by atoms with E-state index in [2.05, 4.69) is 86.0 Å². The normalized spacial score (nSPS) is 13.0. The van der Waals surface area contributed by atoms with Gasteiger partial charge in [-0.05, 0) is 23.6 Å². The molecule has 1 heterocycles. The highest BCUT2D eigenvalue weighted by Crippen LogP contribution is 2.43. The number of hydrogen-bond donors (Lipinski definition) is 0. The van der Waals surface area contributed by atoms with Gasteiger partial charge in [-0.1, -0.05) is 62.4 Å². The first kappa shape index (κ1) is 15.1. The van der Waals surface area contributed by atoms with Crippen molar-refractivity contribution in [3.05, 3.63) is 88.7 Å². The van der Waals surface area contributed by atoms with Gasteiger partial charge in [0.15, 0.2) is 11.4 Å². The van der Waals surface area contributed by atoms with Gasteiger partial charge in [0.1, 0.15) is 0 Å². The van der Waals surface area contributed by atoms with Crippen molar-refractivity contribution in [3.63, 3.8) is 0 Å². The number of aryl methyl sites for hydroxylation is 3. The van der Waals surface area contributed by atoms with Crippen LogP contribution in [0.5, 0.6) is 0 Å². The van der Waals surface area contributed by atoms with Crippen molar-refractivity contribution in [2.75, 3.05) is 0 Å². The number of nitrogens with zero attached hydrogens (tertiary/aromatic N) is 1. The fraction of sp³-hybridized carbons (Fsp3) is 0.261. The van der Waals surface area contributed by atoms with Crippen LogP contribution in [0.15, 0.2) is 60.7 Å². The number of fused-ring (bicyclic) bond motifs is 3. The Morgan fingerprint density at radius 3 is 1.67 bits per heavy atom. The molecule has 1 aliphatic rings. The maximum atomic E-state index is 2.58. The van der Waals surface area contributed by atoms with Crippen LogP contribution in [0.25, 0.3) is 11.1 Å². The van der Waals surface area contributed by atoms with Crippen molar-refractivity contribution in [1.29, 1.82) is 0 Å². The summed E-state index contributed by atoms with van der Waals surface area (Å²) >= 11 is 0. The molecule has 0 spiro atoms. The summed E-state index contributed by atoms with van der Waals surface area (Å²) in [6.45, 7) is 6.73. The summed E-state index contributed by atoms with van der Waals surface area (Å²) in [5, 5.41) is 0. The lowest BCUT2D eigenvalue weighted by Gasteiger charge is -2.16. The van der Waals surface area contributed by atoms with Crippen LogP contribution in [-0.4, -0.2) is 0 Å². The third-order valence-electron chi connectivity index (χ3n) is 5.19. The monoisotopic (exact) mass is 314 g/mol. The lowest BCUT2D eigenvalue weighted by atomic mass is 10.0. The van der Waals surface area contributed by atoms with Crippen molar-refractivity contribution in [1.82, 2.24) is 0 Å². The first-order valence-electron chi connectivity index (χ1n) is 8.96. The van der Waals surface area contributed by atoms with Gasteiger partial charge in [0.05, 0.1) is 0 Å². The molecule has 0 amide bonds. The number of pyridine rings is 1. The molecule has 0 atom stereocenters. The van der Waals surface area contributed by atoms with Crippen LogP contribution in [-0.2, 0) is 12.8 Å². The highest BCUT2D eigenvalue weighted by molar-refractivity contribution is 5.77. The maximum Gasteiger partial charge on any atom is 0.210 e. The molecule has 3 aromatic rings. The van der Waals surface area contributed by atoms with Crippen LogP contribution in [0.1, 0.15) is 48.0 Å². The Morgan fingerprint density at radius 2 is 1.21 bits per heavy atom. The molecule has 0 saturated heterocycles. The molecule has 1 aliphatic carbocycles. The van der Waals surface area contributed by atoms with Crippen LogP contribution in [0.2, 0.25) is 0 Å². The summed E-state index contributed by atoms with van der Waals surface area (Å²) in [7, 11) is 0. The molecule has 0 fully saturated rings. The predicted octanol–water partition coefficient (Wildman–Crippen LogP) is 5.03. The average Bonchev–Trinajstić information content (AvgIpc) is 2.95. The third-order valence-corrected chi connectivity index (χ3v) is 5.19. The second kappa shape index (κ2) is 5.90. The van der Waals surface area contributed by atoms with E-state index in [1.165, 1.54) is 39.2 Å². The molecule has 0 unspecified atom stereocenters. The molecule has 0 bridgehead atoms. The lowest BCUT2D eigenvalue weighted by Crippen LogP contribution is -2.47. The molecule has 1 heteroatoms. The molecular weight excluding hydrogens is 290 g/mol. The third kappa shape index (κ3) is 2.19.